The van der Waals surface area contributed by atoms with Gasteiger partial charge in [0.15, 0.2) is 0 Å². The lowest BCUT2D eigenvalue weighted by atomic mass is 10.2. The summed E-state index contributed by atoms with van der Waals surface area (Å²) in [6.45, 7) is 0. The Morgan fingerprint density at radius 1 is 1.22 bits per heavy atom. The summed E-state index contributed by atoms with van der Waals surface area (Å²) in [4.78, 5) is 12.0. The lowest BCUT2D eigenvalue weighted by molar-refractivity contribution is 0.102. The summed E-state index contributed by atoms with van der Waals surface area (Å²) in [5.74, 6) is -0.192. The summed E-state index contributed by atoms with van der Waals surface area (Å²) >= 11 is 7.96. The normalized spacial score (nSPS) is 10.1. The maximum Gasteiger partial charge on any atom is 0.255 e. The van der Waals surface area contributed by atoms with Crippen molar-refractivity contribution >= 4 is 51.5 Å². The number of benzene rings is 2. The number of nitrogens with two attached hydrogens (primary N) is 1. The van der Waals surface area contributed by atoms with Gasteiger partial charge in [-0.3, -0.25) is 4.79 Å². The fourth-order valence-corrected chi connectivity index (χ4v) is 2.20. The predicted octanol–water partition coefficient (Wildman–Crippen LogP) is 3.78. The molecule has 2 aromatic carbocycles. The van der Waals surface area contributed by atoms with Crippen molar-refractivity contribution in [2.45, 2.75) is 0 Å². The number of carbonyl (C=O) groups excluding carboxylic acids is 1. The van der Waals surface area contributed by atoms with Gasteiger partial charge in [0.05, 0.1) is 11.4 Å². The standard InChI is InChI=1S/C13H10ClIN2O/c14-9-4-5-12(11(16)7-9)17-13(18)8-2-1-3-10(15)6-8/h1-7H,16H2,(H,17,18). The average Bonchev–Trinajstić information content (AvgIpc) is 2.32. The molecule has 2 rings (SSSR count). The van der Waals surface area contributed by atoms with Gasteiger partial charge < -0.3 is 11.1 Å². The summed E-state index contributed by atoms with van der Waals surface area (Å²) < 4.78 is 1.00. The third-order valence-electron chi connectivity index (χ3n) is 2.35. The molecule has 3 N–H and O–H groups in total. The molecular formula is C13H10ClIN2O. The van der Waals surface area contributed by atoms with E-state index in [4.69, 9.17) is 17.3 Å². The molecule has 0 aliphatic heterocycles. The molecule has 2 aromatic rings. The van der Waals surface area contributed by atoms with Gasteiger partial charge in [-0.25, -0.2) is 0 Å². The van der Waals surface area contributed by atoms with Gasteiger partial charge in [0.25, 0.3) is 5.91 Å². The van der Waals surface area contributed by atoms with Crippen molar-refractivity contribution in [2.75, 3.05) is 11.1 Å². The van der Waals surface area contributed by atoms with E-state index in [0.29, 0.717) is 22.0 Å². The molecule has 0 unspecified atom stereocenters. The van der Waals surface area contributed by atoms with E-state index < -0.39 is 0 Å². The molecule has 0 saturated carbocycles. The highest BCUT2D eigenvalue weighted by molar-refractivity contribution is 14.1. The van der Waals surface area contributed by atoms with Crippen LogP contribution in [0.4, 0.5) is 11.4 Å². The Hall–Kier alpha value is -1.27. The quantitative estimate of drug-likeness (QED) is 0.623. The third kappa shape index (κ3) is 3.14. The van der Waals surface area contributed by atoms with Crippen LogP contribution in [0.15, 0.2) is 42.5 Å². The second kappa shape index (κ2) is 5.58. The van der Waals surface area contributed by atoms with Crippen LogP contribution in [-0.2, 0) is 0 Å². The first kappa shape index (κ1) is 13.2. The van der Waals surface area contributed by atoms with Crippen molar-refractivity contribution in [3.05, 3.63) is 56.6 Å². The van der Waals surface area contributed by atoms with Crippen LogP contribution in [0.3, 0.4) is 0 Å². The molecule has 0 aliphatic rings. The lowest BCUT2D eigenvalue weighted by Crippen LogP contribution is -2.13. The van der Waals surface area contributed by atoms with Crippen LogP contribution >= 0.6 is 34.2 Å². The Labute approximate surface area is 123 Å². The van der Waals surface area contributed by atoms with Gasteiger partial charge in [0, 0.05) is 14.2 Å². The van der Waals surface area contributed by atoms with Gasteiger partial charge in [-0.15, -0.1) is 0 Å². The second-order valence-corrected chi connectivity index (χ2v) is 5.38. The van der Waals surface area contributed by atoms with E-state index in [1.54, 1.807) is 24.3 Å². The number of amides is 1. The van der Waals surface area contributed by atoms with Gasteiger partial charge >= 0.3 is 0 Å². The Bertz CT molecular complexity index is 601. The minimum Gasteiger partial charge on any atom is -0.397 e. The summed E-state index contributed by atoms with van der Waals surface area (Å²) in [5, 5.41) is 3.30. The van der Waals surface area contributed by atoms with Crippen molar-refractivity contribution in [1.29, 1.82) is 0 Å². The van der Waals surface area contributed by atoms with Crippen LogP contribution in [0, 0.1) is 3.57 Å². The van der Waals surface area contributed by atoms with Gasteiger partial charge in [0.1, 0.15) is 0 Å². The van der Waals surface area contributed by atoms with Crippen molar-refractivity contribution in [2.24, 2.45) is 0 Å². The SMILES string of the molecule is Nc1cc(Cl)ccc1NC(=O)c1cccc(I)c1. The van der Waals surface area contributed by atoms with E-state index >= 15 is 0 Å². The highest BCUT2D eigenvalue weighted by Crippen LogP contribution is 2.23. The summed E-state index contributed by atoms with van der Waals surface area (Å²) in [5.41, 5.74) is 7.38. The Morgan fingerprint density at radius 3 is 2.67 bits per heavy atom. The first-order valence-electron chi connectivity index (χ1n) is 5.18. The fraction of sp³-hybridized carbons (Fsp3) is 0. The van der Waals surface area contributed by atoms with Crippen LogP contribution in [0.2, 0.25) is 5.02 Å². The van der Waals surface area contributed by atoms with Crippen LogP contribution < -0.4 is 11.1 Å². The smallest absolute Gasteiger partial charge is 0.255 e. The maximum absolute atomic E-state index is 12.0. The first-order chi connectivity index (χ1) is 8.56. The molecule has 5 heteroatoms. The number of rotatable bonds is 2. The highest BCUT2D eigenvalue weighted by Gasteiger charge is 2.08. The minimum absolute atomic E-state index is 0.192. The monoisotopic (exact) mass is 372 g/mol. The van der Waals surface area contributed by atoms with Crippen molar-refractivity contribution in [1.82, 2.24) is 0 Å². The zero-order chi connectivity index (χ0) is 13.1. The predicted molar refractivity (Wildman–Crippen MR) is 83.0 cm³/mol. The number of anilines is 2. The van der Waals surface area contributed by atoms with Gasteiger partial charge in [-0.05, 0) is 59.0 Å². The first-order valence-corrected chi connectivity index (χ1v) is 6.64. The van der Waals surface area contributed by atoms with Gasteiger partial charge in [0.2, 0.25) is 0 Å². The molecule has 0 radical (unpaired) electrons. The Morgan fingerprint density at radius 2 is 2.00 bits per heavy atom. The average molecular weight is 373 g/mol. The fourth-order valence-electron chi connectivity index (χ4n) is 1.47. The van der Waals surface area contributed by atoms with Crippen molar-refractivity contribution in [3.8, 4) is 0 Å². The minimum atomic E-state index is -0.192. The molecule has 0 aliphatic carbocycles. The molecule has 0 fully saturated rings. The molecule has 18 heavy (non-hydrogen) atoms. The van der Waals surface area contributed by atoms with E-state index in [1.165, 1.54) is 0 Å². The molecule has 3 nitrogen and oxygen atoms in total. The van der Waals surface area contributed by atoms with Crippen LogP contribution in [0.5, 0.6) is 0 Å². The summed E-state index contributed by atoms with van der Waals surface area (Å²) in [7, 11) is 0. The summed E-state index contributed by atoms with van der Waals surface area (Å²) in [6.07, 6.45) is 0. The Balaban J connectivity index is 2.21. The van der Waals surface area contributed by atoms with Crippen molar-refractivity contribution in [3.63, 3.8) is 0 Å². The van der Waals surface area contributed by atoms with E-state index in [9.17, 15) is 4.79 Å². The molecule has 0 heterocycles. The van der Waals surface area contributed by atoms with Gasteiger partial charge in [-0.1, -0.05) is 17.7 Å². The van der Waals surface area contributed by atoms with Gasteiger partial charge in [-0.2, -0.15) is 0 Å². The molecule has 0 atom stereocenters. The molecule has 1 amide bonds. The molecule has 92 valence electrons. The molecule has 0 bridgehead atoms. The van der Waals surface area contributed by atoms with Crippen LogP contribution in [0.1, 0.15) is 10.4 Å². The number of halogens is 2. The molecule has 0 spiro atoms. The highest BCUT2D eigenvalue weighted by atomic mass is 127. The van der Waals surface area contributed by atoms with E-state index in [-0.39, 0.29) is 5.91 Å². The van der Waals surface area contributed by atoms with E-state index in [0.717, 1.165) is 3.57 Å². The number of nitrogen functional groups attached to an aromatic ring is 1. The topological polar surface area (TPSA) is 55.1 Å². The van der Waals surface area contributed by atoms with Crippen molar-refractivity contribution < 1.29 is 4.79 Å². The largest absolute Gasteiger partial charge is 0.397 e. The maximum atomic E-state index is 12.0. The number of hydrogen-bond donors (Lipinski definition) is 2. The third-order valence-corrected chi connectivity index (χ3v) is 3.25. The molecular weight excluding hydrogens is 363 g/mol. The number of hydrogen-bond acceptors (Lipinski definition) is 2. The molecule has 0 saturated heterocycles. The summed E-state index contributed by atoms with van der Waals surface area (Å²) in [6, 6.07) is 12.3. The van der Waals surface area contributed by atoms with E-state index in [1.807, 2.05) is 18.2 Å². The number of nitrogens with one attached hydrogen (secondary N) is 1. The van der Waals surface area contributed by atoms with Crippen LogP contribution in [0.25, 0.3) is 0 Å². The zero-order valence-corrected chi connectivity index (χ0v) is 12.2. The Kier molecular flexibility index (Phi) is 4.08. The van der Waals surface area contributed by atoms with Crippen LogP contribution in [-0.4, -0.2) is 5.91 Å². The second-order valence-electron chi connectivity index (χ2n) is 3.70. The molecule has 0 aromatic heterocycles. The van der Waals surface area contributed by atoms with E-state index in [2.05, 4.69) is 27.9 Å². The lowest BCUT2D eigenvalue weighted by Gasteiger charge is -2.08. The zero-order valence-electron chi connectivity index (χ0n) is 9.28. The number of carbonyl (C=O) groups is 1.